The van der Waals surface area contributed by atoms with Crippen LogP contribution in [0.1, 0.15) is 29.5 Å². The van der Waals surface area contributed by atoms with Crippen molar-refractivity contribution >= 4 is 23.9 Å². The van der Waals surface area contributed by atoms with Crippen LogP contribution in [0, 0.1) is 6.92 Å². The monoisotopic (exact) mass is 422 g/mol. The molecule has 1 heterocycles. The van der Waals surface area contributed by atoms with Crippen LogP contribution >= 0.6 is 0 Å². The van der Waals surface area contributed by atoms with Crippen molar-refractivity contribution in [3.63, 3.8) is 0 Å². The number of carbonyl (C=O) groups excluding carboxylic acids is 3. The zero-order valence-electron chi connectivity index (χ0n) is 17.5. The zero-order valence-corrected chi connectivity index (χ0v) is 17.5. The number of nitrogens with one attached hydrogen (secondary N) is 2. The number of para-hydroxylation sites is 1. The number of hydrogen-bond donors (Lipinski definition) is 2. The van der Waals surface area contributed by atoms with E-state index in [4.69, 9.17) is 4.74 Å². The van der Waals surface area contributed by atoms with Gasteiger partial charge in [-0.3, -0.25) is 14.4 Å². The minimum absolute atomic E-state index is 0.0530. The third-order valence-electron chi connectivity index (χ3n) is 4.88. The van der Waals surface area contributed by atoms with Crippen molar-refractivity contribution in [3.05, 3.63) is 65.2 Å². The number of carbonyl (C=O) groups is 3. The highest BCUT2D eigenvalue weighted by Gasteiger charge is 2.18. The first-order valence-corrected chi connectivity index (χ1v) is 10.2. The molecule has 1 fully saturated rings. The molecule has 0 unspecified atom stereocenters. The predicted molar refractivity (Wildman–Crippen MR) is 117 cm³/mol. The molecule has 3 amide bonds. The Morgan fingerprint density at radius 2 is 1.74 bits per heavy atom. The molecule has 1 aliphatic rings. The minimum Gasteiger partial charge on any atom is -0.483 e. The van der Waals surface area contributed by atoms with E-state index in [1.165, 1.54) is 6.21 Å². The average molecular weight is 422 g/mol. The number of ether oxygens (including phenoxy) is 1. The molecule has 2 aromatic carbocycles. The Morgan fingerprint density at radius 1 is 1.03 bits per heavy atom. The van der Waals surface area contributed by atoms with Crippen molar-refractivity contribution in [2.75, 3.05) is 19.7 Å². The Morgan fingerprint density at radius 3 is 2.48 bits per heavy atom. The summed E-state index contributed by atoms with van der Waals surface area (Å²) in [4.78, 5) is 37.8. The molecule has 0 saturated carbocycles. The van der Waals surface area contributed by atoms with Crippen LogP contribution < -0.4 is 15.5 Å². The Balaban J connectivity index is 1.48. The van der Waals surface area contributed by atoms with Gasteiger partial charge in [0, 0.05) is 25.2 Å². The molecule has 1 saturated heterocycles. The summed E-state index contributed by atoms with van der Waals surface area (Å²) in [5, 5.41) is 6.38. The van der Waals surface area contributed by atoms with Crippen molar-refractivity contribution in [2.45, 2.75) is 26.3 Å². The Bertz CT molecular complexity index is 950. The van der Waals surface area contributed by atoms with E-state index < -0.39 is 11.8 Å². The Labute approximate surface area is 181 Å². The van der Waals surface area contributed by atoms with E-state index in [0.29, 0.717) is 11.3 Å². The SMILES string of the molecule is Cc1ccc(CNC(=O)C(=O)N/N=C\c2ccccc2OCC(=O)N2CCCC2)cc1. The quantitative estimate of drug-likeness (QED) is 0.403. The maximum absolute atomic E-state index is 12.2. The van der Waals surface area contributed by atoms with Gasteiger partial charge in [-0.1, -0.05) is 42.0 Å². The smallest absolute Gasteiger partial charge is 0.329 e. The van der Waals surface area contributed by atoms with Crippen molar-refractivity contribution in [1.29, 1.82) is 0 Å². The van der Waals surface area contributed by atoms with Crippen LogP contribution in [0.15, 0.2) is 53.6 Å². The van der Waals surface area contributed by atoms with E-state index in [-0.39, 0.29) is 19.1 Å². The average Bonchev–Trinajstić information content (AvgIpc) is 3.32. The number of hydrogen-bond acceptors (Lipinski definition) is 5. The lowest BCUT2D eigenvalue weighted by Gasteiger charge is -2.16. The van der Waals surface area contributed by atoms with E-state index in [0.717, 1.165) is 37.1 Å². The molecule has 8 nitrogen and oxygen atoms in total. The highest BCUT2D eigenvalue weighted by atomic mass is 16.5. The Hall–Kier alpha value is -3.68. The van der Waals surface area contributed by atoms with Crippen molar-refractivity contribution in [1.82, 2.24) is 15.6 Å². The lowest BCUT2D eigenvalue weighted by Crippen LogP contribution is -2.37. The molecule has 0 radical (unpaired) electrons. The van der Waals surface area contributed by atoms with Crippen LogP contribution in [0.3, 0.4) is 0 Å². The van der Waals surface area contributed by atoms with Gasteiger partial charge in [0.05, 0.1) is 6.21 Å². The fraction of sp³-hybridized carbons (Fsp3) is 0.304. The second kappa shape index (κ2) is 10.9. The molecule has 0 bridgehead atoms. The molecule has 0 aromatic heterocycles. The minimum atomic E-state index is -0.869. The third kappa shape index (κ3) is 6.67. The largest absolute Gasteiger partial charge is 0.483 e. The maximum Gasteiger partial charge on any atom is 0.329 e. The van der Waals surface area contributed by atoms with Crippen molar-refractivity contribution < 1.29 is 19.1 Å². The molecule has 0 spiro atoms. The number of aryl methyl sites for hydroxylation is 1. The van der Waals surface area contributed by atoms with E-state index in [2.05, 4.69) is 15.8 Å². The van der Waals surface area contributed by atoms with Gasteiger partial charge in [-0.2, -0.15) is 5.10 Å². The van der Waals surface area contributed by atoms with Crippen LogP contribution in [0.25, 0.3) is 0 Å². The summed E-state index contributed by atoms with van der Waals surface area (Å²) in [6.45, 7) is 3.70. The van der Waals surface area contributed by atoms with Gasteiger partial charge in [0.1, 0.15) is 5.75 Å². The molecule has 0 aliphatic carbocycles. The molecule has 8 heteroatoms. The molecule has 0 atom stereocenters. The van der Waals surface area contributed by atoms with Crippen LogP contribution in [-0.2, 0) is 20.9 Å². The van der Waals surface area contributed by atoms with Gasteiger partial charge in [0.2, 0.25) is 0 Å². The summed E-state index contributed by atoms with van der Waals surface area (Å²) in [6, 6.07) is 14.7. The summed E-state index contributed by atoms with van der Waals surface area (Å²) < 4.78 is 5.64. The van der Waals surface area contributed by atoms with E-state index in [1.54, 1.807) is 29.2 Å². The molecule has 31 heavy (non-hydrogen) atoms. The lowest BCUT2D eigenvalue weighted by atomic mass is 10.1. The maximum atomic E-state index is 12.2. The van der Waals surface area contributed by atoms with E-state index >= 15 is 0 Å². The summed E-state index contributed by atoms with van der Waals surface area (Å²) in [7, 11) is 0. The van der Waals surface area contributed by atoms with Crippen LogP contribution in [-0.4, -0.2) is 48.5 Å². The van der Waals surface area contributed by atoms with Crippen LogP contribution in [0.2, 0.25) is 0 Å². The number of likely N-dealkylation sites (tertiary alicyclic amines) is 1. The first kappa shape index (κ1) is 22.0. The number of benzene rings is 2. The Kier molecular flexibility index (Phi) is 7.75. The van der Waals surface area contributed by atoms with E-state index in [1.807, 2.05) is 31.2 Å². The first-order valence-electron chi connectivity index (χ1n) is 10.2. The van der Waals surface area contributed by atoms with Crippen LogP contribution in [0.5, 0.6) is 5.75 Å². The van der Waals surface area contributed by atoms with Crippen LogP contribution in [0.4, 0.5) is 0 Å². The first-order chi connectivity index (χ1) is 15.0. The fourth-order valence-corrected chi connectivity index (χ4v) is 3.10. The van der Waals surface area contributed by atoms with Gasteiger partial charge >= 0.3 is 11.8 Å². The topological polar surface area (TPSA) is 100 Å². The molecular formula is C23H26N4O4. The molecule has 3 rings (SSSR count). The van der Waals surface area contributed by atoms with E-state index in [9.17, 15) is 14.4 Å². The summed E-state index contributed by atoms with van der Waals surface area (Å²) in [5.41, 5.74) is 4.79. The number of amides is 3. The molecule has 162 valence electrons. The van der Waals surface area contributed by atoms with Gasteiger partial charge in [-0.15, -0.1) is 0 Å². The summed E-state index contributed by atoms with van der Waals surface area (Å²) in [5.74, 6) is -1.23. The standard InChI is InChI=1S/C23H26N4O4/c1-17-8-10-18(11-9-17)14-24-22(29)23(30)26-25-15-19-6-2-3-7-20(19)31-16-21(28)27-12-4-5-13-27/h2-3,6-11,15H,4-5,12-14,16H2,1H3,(H,24,29)(H,26,30)/b25-15-. The lowest BCUT2D eigenvalue weighted by molar-refractivity contribution is -0.139. The molecule has 2 N–H and O–H groups in total. The fourth-order valence-electron chi connectivity index (χ4n) is 3.10. The molecule has 1 aliphatic heterocycles. The van der Waals surface area contributed by atoms with Crippen molar-refractivity contribution in [3.8, 4) is 5.75 Å². The second-order valence-electron chi connectivity index (χ2n) is 7.28. The molecule has 2 aromatic rings. The second-order valence-corrected chi connectivity index (χ2v) is 7.28. The van der Waals surface area contributed by atoms with Gasteiger partial charge in [-0.05, 0) is 37.5 Å². The van der Waals surface area contributed by atoms with Crippen molar-refractivity contribution in [2.24, 2.45) is 5.10 Å². The van der Waals surface area contributed by atoms with Gasteiger partial charge in [0.25, 0.3) is 5.91 Å². The summed E-state index contributed by atoms with van der Waals surface area (Å²) >= 11 is 0. The van der Waals surface area contributed by atoms with Gasteiger partial charge in [-0.25, -0.2) is 5.43 Å². The normalized spacial score (nSPS) is 13.3. The summed E-state index contributed by atoms with van der Waals surface area (Å²) in [6.07, 6.45) is 3.42. The number of nitrogens with zero attached hydrogens (tertiary/aromatic N) is 2. The zero-order chi connectivity index (χ0) is 22.1. The predicted octanol–water partition coefficient (Wildman–Crippen LogP) is 1.76. The van der Waals surface area contributed by atoms with Gasteiger partial charge in [0.15, 0.2) is 6.61 Å². The third-order valence-corrected chi connectivity index (χ3v) is 4.88. The number of rotatable bonds is 7. The highest BCUT2D eigenvalue weighted by molar-refractivity contribution is 6.35. The van der Waals surface area contributed by atoms with Gasteiger partial charge < -0.3 is 15.0 Å². The number of hydrazone groups is 1. The highest BCUT2D eigenvalue weighted by Crippen LogP contribution is 2.16. The molecular weight excluding hydrogens is 396 g/mol.